The van der Waals surface area contributed by atoms with Crippen LogP contribution in [0.1, 0.15) is 42.6 Å². The van der Waals surface area contributed by atoms with Crippen molar-refractivity contribution in [3.05, 3.63) is 36.0 Å². The van der Waals surface area contributed by atoms with E-state index in [-0.39, 0.29) is 11.4 Å². The Hall–Kier alpha value is -1.81. The molecule has 1 spiro atoms. The van der Waals surface area contributed by atoms with E-state index >= 15 is 0 Å². The minimum Gasteiger partial charge on any atom is -0.340 e. The lowest BCUT2D eigenvalue weighted by Gasteiger charge is -2.46. The minimum atomic E-state index is 0.163. The summed E-state index contributed by atoms with van der Waals surface area (Å²) in [7, 11) is 1.99. The second-order valence-corrected chi connectivity index (χ2v) is 7.14. The maximum absolute atomic E-state index is 13.1. The number of aryl methyl sites for hydroxylation is 1. The number of carbonyl (C=O) groups is 1. The number of para-hydroxylation sites is 1. The van der Waals surface area contributed by atoms with E-state index in [4.69, 9.17) is 0 Å². The molecule has 1 aliphatic carbocycles. The van der Waals surface area contributed by atoms with Gasteiger partial charge in [-0.25, -0.2) is 0 Å². The highest BCUT2D eigenvalue weighted by Crippen LogP contribution is 2.31. The van der Waals surface area contributed by atoms with Crippen molar-refractivity contribution in [1.82, 2.24) is 14.8 Å². The highest BCUT2D eigenvalue weighted by atomic mass is 16.2. The topological polar surface area (TPSA) is 37.3 Å². The van der Waals surface area contributed by atoms with E-state index < -0.39 is 0 Å². The molecule has 1 saturated heterocycles. The number of carbonyl (C=O) groups excluding carboxylic acids is 1. The van der Waals surface area contributed by atoms with E-state index in [2.05, 4.69) is 22.3 Å². The SMILES string of the molecule is Cn1c(C(=O)N2CCNC3(CCCCC3)C2)cc2ccccc21. The van der Waals surface area contributed by atoms with E-state index in [1.807, 2.05) is 29.8 Å². The number of piperazine rings is 1. The van der Waals surface area contributed by atoms with E-state index in [9.17, 15) is 4.79 Å². The summed E-state index contributed by atoms with van der Waals surface area (Å²) in [6.45, 7) is 2.57. The molecule has 0 radical (unpaired) electrons. The first-order valence-corrected chi connectivity index (χ1v) is 8.77. The summed E-state index contributed by atoms with van der Waals surface area (Å²) in [5.74, 6) is 0.176. The van der Waals surface area contributed by atoms with Crippen LogP contribution < -0.4 is 5.32 Å². The molecule has 1 aromatic heterocycles. The fourth-order valence-corrected chi connectivity index (χ4v) is 4.35. The van der Waals surface area contributed by atoms with Gasteiger partial charge < -0.3 is 14.8 Å². The summed E-state index contributed by atoms with van der Waals surface area (Å²) in [4.78, 5) is 15.2. The van der Waals surface area contributed by atoms with Crippen LogP contribution in [0.25, 0.3) is 10.9 Å². The van der Waals surface area contributed by atoms with Crippen LogP contribution in [0, 0.1) is 0 Å². The molecule has 4 heteroatoms. The number of nitrogens with zero attached hydrogens (tertiary/aromatic N) is 2. The first-order chi connectivity index (χ1) is 11.2. The van der Waals surface area contributed by atoms with Crippen molar-refractivity contribution in [2.24, 2.45) is 7.05 Å². The molecule has 2 aliphatic rings. The Kier molecular flexibility index (Phi) is 3.64. The molecule has 1 N–H and O–H groups in total. The van der Waals surface area contributed by atoms with Gasteiger partial charge in [0, 0.05) is 43.1 Å². The summed E-state index contributed by atoms with van der Waals surface area (Å²) in [6, 6.07) is 10.2. The molecule has 0 unspecified atom stereocenters. The highest BCUT2D eigenvalue weighted by molar-refractivity contribution is 5.98. The Morgan fingerprint density at radius 3 is 2.74 bits per heavy atom. The van der Waals surface area contributed by atoms with Crippen molar-refractivity contribution >= 4 is 16.8 Å². The second-order valence-electron chi connectivity index (χ2n) is 7.14. The zero-order chi connectivity index (χ0) is 15.9. The van der Waals surface area contributed by atoms with Gasteiger partial charge in [-0.2, -0.15) is 0 Å². The van der Waals surface area contributed by atoms with Crippen LogP contribution in [0.3, 0.4) is 0 Å². The molecule has 0 bridgehead atoms. The van der Waals surface area contributed by atoms with Gasteiger partial charge in [-0.3, -0.25) is 4.79 Å². The number of benzene rings is 1. The fourth-order valence-electron chi connectivity index (χ4n) is 4.35. The Morgan fingerprint density at radius 2 is 1.96 bits per heavy atom. The standard InChI is InChI=1S/C19H25N3O/c1-21-16-8-4-3-7-15(16)13-17(21)18(23)22-12-11-20-19(14-22)9-5-2-6-10-19/h3-4,7-8,13,20H,2,5-6,9-12,14H2,1H3. The molecule has 1 saturated carbocycles. The maximum Gasteiger partial charge on any atom is 0.270 e. The zero-order valence-corrected chi connectivity index (χ0v) is 13.8. The van der Waals surface area contributed by atoms with Gasteiger partial charge in [0.25, 0.3) is 5.91 Å². The molecule has 2 heterocycles. The van der Waals surface area contributed by atoms with E-state index in [0.29, 0.717) is 0 Å². The van der Waals surface area contributed by atoms with Crippen LogP contribution in [0.5, 0.6) is 0 Å². The molecule has 23 heavy (non-hydrogen) atoms. The van der Waals surface area contributed by atoms with E-state index in [1.165, 1.54) is 32.1 Å². The number of aromatic nitrogens is 1. The number of hydrogen-bond acceptors (Lipinski definition) is 2. The molecule has 0 atom stereocenters. The second kappa shape index (κ2) is 5.68. The molecule has 1 aromatic carbocycles. The smallest absolute Gasteiger partial charge is 0.270 e. The number of fused-ring (bicyclic) bond motifs is 1. The number of rotatable bonds is 1. The van der Waals surface area contributed by atoms with Crippen LogP contribution in [0.15, 0.2) is 30.3 Å². The number of amides is 1. The molecular weight excluding hydrogens is 286 g/mol. The maximum atomic E-state index is 13.1. The molecule has 122 valence electrons. The molecule has 4 rings (SSSR count). The van der Waals surface area contributed by atoms with Crippen LogP contribution in [0.4, 0.5) is 0 Å². The average molecular weight is 311 g/mol. The van der Waals surface area contributed by atoms with Gasteiger partial charge in [-0.05, 0) is 25.0 Å². The summed E-state index contributed by atoms with van der Waals surface area (Å²) >= 11 is 0. The lowest BCUT2D eigenvalue weighted by Crippen LogP contribution is -2.62. The van der Waals surface area contributed by atoms with Gasteiger partial charge in [0.15, 0.2) is 0 Å². The predicted octanol–water partition coefficient (Wildman–Crippen LogP) is 2.93. The van der Waals surface area contributed by atoms with Crippen molar-refractivity contribution in [1.29, 1.82) is 0 Å². The molecule has 4 nitrogen and oxygen atoms in total. The third-order valence-corrected chi connectivity index (χ3v) is 5.64. The van der Waals surface area contributed by atoms with Gasteiger partial charge in [-0.15, -0.1) is 0 Å². The Balaban J connectivity index is 1.61. The van der Waals surface area contributed by atoms with E-state index in [0.717, 1.165) is 36.2 Å². The Bertz CT molecular complexity index is 722. The number of hydrogen-bond donors (Lipinski definition) is 1. The molecule has 2 fully saturated rings. The lowest BCUT2D eigenvalue weighted by atomic mass is 9.80. The Morgan fingerprint density at radius 1 is 1.17 bits per heavy atom. The summed E-state index contributed by atoms with van der Waals surface area (Å²) in [5.41, 5.74) is 2.09. The third kappa shape index (κ3) is 2.55. The molecule has 1 aliphatic heterocycles. The average Bonchev–Trinajstić information content (AvgIpc) is 2.92. The van der Waals surface area contributed by atoms with Gasteiger partial charge in [0.2, 0.25) is 0 Å². The van der Waals surface area contributed by atoms with Crippen LogP contribution >= 0.6 is 0 Å². The van der Waals surface area contributed by atoms with Crippen molar-refractivity contribution in [3.8, 4) is 0 Å². The fraction of sp³-hybridized carbons (Fsp3) is 0.526. The number of nitrogens with one attached hydrogen (secondary N) is 1. The van der Waals surface area contributed by atoms with Crippen LogP contribution in [-0.2, 0) is 7.05 Å². The van der Waals surface area contributed by atoms with Gasteiger partial charge >= 0.3 is 0 Å². The van der Waals surface area contributed by atoms with Gasteiger partial charge in [0.1, 0.15) is 5.69 Å². The molecule has 2 aromatic rings. The summed E-state index contributed by atoms with van der Waals surface area (Å²) < 4.78 is 2.03. The highest BCUT2D eigenvalue weighted by Gasteiger charge is 2.38. The van der Waals surface area contributed by atoms with E-state index in [1.54, 1.807) is 0 Å². The first-order valence-electron chi connectivity index (χ1n) is 8.77. The minimum absolute atomic E-state index is 0.163. The Labute approximate surface area is 137 Å². The van der Waals surface area contributed by atoms with Crippen molar-refractivity contribution in [2.75, 3.05) is 19.6 Å². The summed E-state index contributed by atoms with van der Waals surface area (Å²) in [6.07, 6.45) is 6.30. The molecular formula is C19H25N3O. The van der Waals surface area contributed by atoms with Gasteiger partial charge in [-0.1, -0.05) is 37.5 Å². The largest absolute Gasteiger partial charge is 0.340 e. The lowest BCUT2D eigenvalue weighted by molar-refractivity contribution is 0.0550. The van der Waals surface area contributed by atoms with Crippen molar-refractivity contribution in [2.45, 2.75) is 37.6 Å². The quantitative estimate of drug-likeness (QED) is 0.879. The van der Waals surface area contributed by atoms with Crippen molar-refractivity contribution < 1.29 is 4.79 Å². The summed E-state index contributed by atoms with van der Waals surface area (Å²) in [5, 5.41) is 4.85. The van der Waals surface area contributed by atoms with Crippen LogP contribution in [-0.4, -0.2) is 40.5 Å². The zero-order valence-electron chi connectivity index (χ0n) is 13.8. The first kappa shape index (κ1) is 14.8. The van der Waals surface area contributed by atoms with Gasteiger partial charge in [0.05, 0.1) is 0 Å². The van der Waals surface area contributed by atoms with Crippen LogP contribution in [0.2, 0.25) is 0 Å². The molecule has 1 amide bonds. The van der Waals surface area contributed by atoms with Crippen molar-refractivity contribution in [3.63, 3.8) is 0 Å². The normalized spacial score (nSPS) is 21.0. The predicted molar refractivity (Wildman–Crippen MR) is 92.6 cm³/mol. The third-order valence-electron chi connectivity index (χ3n) is 5.64. The monoisotopic (exact) mass is 311 g/mol.